The zero-order valence-corrected chi connectivity index (χ0v) is 9.19. The summed E-state index contributed by atoms with van der Waals surface area (Å²) in [5, 5.41) is 2.67. The predicted octanol–water partition coefficient (Wildman–Crippen LogP) is 1.33. The molecule has 15 heavy (non-hydrogen) atoms. The number of nitrogens with zero attached hydrogens (tertiary/aromatic N) is 2. The van der Waals surface area contributed by atoms with Crippen LogP contribution in [0.4, 0.5) is 4.79 Å². The Balaban J connectivity index is 2.16. The zero-order valence-electron chi connectivity index (χ0n) is 9.19. The van der Waals surface area contributed by atoms with Crippen molar-refractivity contribution in [3.63, 3.8) is 0 Å². The average Bonchev–Trinajstić information content (AvgIpc) is 2.61. The summed E-state index contributed by atoms with van der Waals surface area (Å²) in [6, 6.07) is 0. The van der Waals surface area contributed by atoms with Crippen molar-refractivity contribution in [2.24, 2.45) is 0 Å². The van der Waals surface area contributed by atoms with Crippen molar-refractivity contribution in [3.05, 3.63) is 18.2 Å². The van der Waals surface area contributed by atoms with Gasteiger partial charge in [-0.15, -0.1) is 0 Å². The second-order valence-electron chi connectivity index (χ2n) is 3.23. The summed E-state index contributed by atoms with van der Waals surface area (Å²) in [5.74, 6) is 0.943. The Morgan fingerprint density at radius 2 is 2.47 bits per heavy atom. The molecule has 0 aliphatic carbocycles. The van der Waals surface area contributed by atoms with Gasteiger partial charge in [-0.2, -0.15) is 0 Å². The summed E-state index contributed by atoms with van der Waals surface area (Å²) in [6.45, 7) is 5.63. The Morgan fingerprint density at radius 1 is 1.67 bits per heavy atom. The number of nitrogens with one attached hydrogen (secondary N) is 1. The van der Waals surface area contributed by atoms with E-state index in [0.717, 1.165) is 12.2 Å². The fraction of sp³-hybridized carbons (Fsp3) is 0.600. The summed E-state index contributed by atoms with van der Waals surface area (Å²) in [6.07, 6.45) is 4.11. The summed E-state index contributed by atoms with van der Waals surface area (Å²) in [4.78, 5) is 15.1. The van der Waals surface area contributed by atoms with E-state index in [4.69, 9.17) is 4.74 Å². The smallest absolute Gasteiger partial charge is 0.407 e. The standard InChI is InChI=1S/C10H17N3O2/c1-3-8-15-10(14)12-5-7-13-6-4-11-9(13)2/h4,6H,3,5,7-8H2,1-2H3,(H,12,14). The molecule has 0 saturated carbocycles. The third-order valence-electron chi connectivity index (χ3n) is 1.98. The van der Waals surface area contributed by atoms with Crippen LogP contribution in [0.15, 0.2) is 12.4 Å². The normalized spacial score (nSPS) is 10.0. The quantitative estimate of drug-likeness (QED) is 0.799. The van der Waals surface area contributed by atoms with Crippen molar-refractivity contribution >= 4 is 6.09 Å². The van der Waals surface area contributed by atoms with Crippen molar-refractivity contribution in [2.45, 2.75) is 26.8 Å². The predicted molar refractivity (Wildman–Crippen MR) is 56.6 cm³/mol. The van der Waals surface area contributed by atoms with Gasteiger partial charge < -0.3 is 14.6 Å². The molecule has 1 aromatic heterocycles. The molecule has 0 saturated heterocycles. The van der Waals surface area contributed by atoms with E-state index in [1.54, 1.807) is 6.20 Å². The van der Waals surface area contributed by atoms with Crippen molar-refractivity contribution in [1.29, 1.82) is 0 Å². The van der Waals surface area contributed by atoms with Crippen LogP contribution in [0.3, 0.4) is 0 Å². The number of amides is 1. The van der Waals surface area contributed by atoms with Crippen LogP contribution in [0.2, 0.25) is 0 Å². The molecule has 0 atom stereocenters. The molecule has 0 aliphatic rings. The molecule has 0 aliphatic heterocycles. The van der Waals surface area contributed by atoms with Crippen LogP contribution < -0.4 is 5.32 Å². The van der Waals surface area contributed by atoms with E-state index >= 15 is 0 Å². The molecule has 1 heterocycles. The van der Waals surface area contributed by atoms with E-state index in [0.29, 0.717) is 19.7 Å². The third-order valence-corrected chi connectivity index (χ3v) is 1.98. The van der Waals surface area contributed by atoms with E-state index in [1.165, 1.54) is 0 Å². The molecule has 0 unspecified atom stereocenters. The summed E-state index contributed by atoms with van der Waals surface area (Å²) in [5.41, 5.74) is 0. The molecule has 1 aromatic rings. The monoisotopic (exact) mass is 211 g/mol. The Hall–Kier alpha value is -1.52. The van der Waals surface area contributed by atoms with Gasteiger partial charge in [0, 0.05) is 25.5 Å². The summed E-state index contributed by atoms with van der Waals surface area (Å²) in [7, 11) is 0. The number of aromatic nitrogens is 2. The molecule has 0 radical (unpaired) electrons. The highest BCUT2D eigenvalue weighted by atomic mass is 16.5. The van der Waals surface area contributed by atoms with Gasteiger partial charge in [0.25, 0.3) is 0 Å². The van der Waals surface area contributed by atoms with Gasteiger partial charge in [0.1, 0.15) is 5.82 Å². The van der Waals surface area contributed by atoms with Crippen molar-refractivity contribution in [1.82, 2.24) is 14.9 Å². The molecule has 1 amide bonds. The lowest BCUT2D eigenvalue weighted by atomic mass is 10.5. The van der Waals surface area contributed by atoms with E-state index < -0.39 is 0 Å². The first-order chi connectivity index (χ1) is 7.24. The van der Waals surface area contributed by atoms with Crippen LogP contribution >= 0.6 is 0 Å². The minimum atomic E-state index is -0.352. The van der Waals surface area contributed by atoms with E-state index in [1.807, 2.05) is 24.6 Å². The number of carbonyl (C=O) groups excluding carboxylic acids is 1. The van der Waals surface area contributed by atoms with Crippen LogP contribution in [0, 0.1) is 6.92 Å². The van der Waals surface area contributed by atoms with Gasteiger partial charge in [0.15, 0.2) is 0 Å². The van der Waals surface area contributed by atoms with Gasteiger partial charge in [-0.25, -0.2) is 9.78 Å². The first-order valence-electron chi connectivity index (χ1n) is 5.12. The number of hydrogen-bond acceptors (Lipinski definition) is 3. The molecule has 0 aromatic carbocycles. The summed E-state index contributed by atoms with van der Waals surface area (Å²) >= 11 is 0. The van der Waals surface area contributed by atoms with E-state index in [9.17, 15) is 4.79 Å². The molecule has 1 rings (SSSR count). The van der Waals surface area contributed by atoms with Gasteiger partial charge in [0.2, 0.25) is 0 Å². The topological polar surface area (TPSA) is 56.1 Å². The first kappa shape index (κ1) is 11.6. The molecule has 5 heteroatoms. The van der Waals surface area contributed by atoms with Gasteiger partial charge in [-0.05, 0) is 13.3 Å². The Bertz CT molecular complexity index is 309. The molecule has 0 fully saturated rings. The maximum Gasteiger partial charge on any atom is 0.407 e. The third kappa shape index (κ3) is 4.01. The highest BCUT2D eigenvalue weighted by molar-refractivity contribution is 5.66. The summed E-state index contributed by atoms with van der Waals surface area (Å²) < 4.78 is 6.84. The minimum absolute atomic E-state index is 0.352. The second kappa shape index (κ2) is 6.06. The molecule has 1 N–H and O–H groups in total. The number of ether oxygens (including phenoxy) is 1. The molecule has 0 bridgehead atoms. The van der Waals surface area contributed by atoms with Crippen LogP contribution in [0.1, 0.15) is 19.2 Å². The molecule has 84 valence electrons. The van der Waals surface area contributed by atoms with Gasteiger partial charge >= 0.3 is 6.09 Å². The highest BCUT2D eigenvalue weighted by Crippen LogP contribution is 1.93. The number of imidazole rings is 1. The second-order valence-corrected chi connectivity index (χ2v) is 3.23. The maximum atomic E-state index is 11.1. The number of alkyl carbamates (subject to hydrolysis) is 1. The largest absolute Gasteiger partial charge is 0.450 e. The molecular formula is C10H17N3O2. The van der Waals surface area contributed by atoms with Crippen LogP contribution in [-0.4, -0.2) is 28.8 Å². The highest BCUT2D eigenvalue weighted by Gasteiger charge is 2.00. The van der Waals surface area contributed by atoms with Crippen molar-refractivity contribution in [3.8, 4) is 0 Å². The van der Waals surface area contributed by atoms with E-state index in [2.05, 4.69) is 10.3 Å². The minimum Gasteiger partial charge on any atom is -0.450 e. The Morgan fingerprint density at radius 3 is 3.07 bits per heavy atom. The molecule has 5 nitrogen and oxygen atoms in total. The lowest BCUT2D eigenvalue weighted by molar-refractivity contribution is 0.146. The van der Waals surface area contributed by atoms with Crippen LogP contribution in [-0.2, 0) is 11.3 Å². The van der Waals surface area contributed by atoms with Gasteiger partial charge in [-0.1, -0.05) is 6.92 Å². The zero-order chi connectivity index (χ0) is 11.1. The number of rotatable bonds is 5. The van der Waals surface area contributed by atoms with Gasteiger partial charge in [0.05, 0.1) is 6.61 Å². The number of carbonyl (C=O) groups is 1. The molecular weight excluding hydrogens is 194 g/mol. The Kier molecular flexibility index (Phi) is 4.66. The number of hydrogen-bond donors (Lipinski definition) is 1. The molecule has 0 spiro atoms. The van der Waals surface area contributed by atoms with Gasteiger partial charge in [-0.3, -0.25) is 0 Å². The maximum absolute atomic E-state index is 11.1. The SMILES string of the molecule is CCCOC(=O)NCCn1ccnc1C. The Labute approximate surface area is 89.4 Å². The van der Waals surface area contributed by atoms with Crippen molar-refractivity contribution < 1.29 is 9.53 Å². The lowest BCUT2D eigenvalue weighted by Gasteiger charge is -2.07. The lowest BCUT2D eigenvalue weighted by Crippen LogP contribution is -2.28. The fourth-order valence-electron chi connectivity index (χ4n) is 1.16. The average molecular weight is 211 g/mol. The van der Waals surface area contributed by atoms with Crippen LogP contribution in [0.25, 0.3) is 0 Å². The first-order valence-corrected chi connectivity index (χ1v) is 5.12. The van der Waals surface area contributed by atoms with Crippen LogP contribution in [0.5, 0.6) is 0 Å². The number of aryl methyl sites for hydroxylation is 1. The van der Waals surface area contributed by atoms with Crippen molar-refractivity contribution in [2.75, 3.05) is 13.2 Å². The van der Waals surface area contributed by atoms with E-state index in [-0.39, 0.29) is 6.09 Å². The fourth-order valence-corrected chi connectivity index (χ4v) is 1.16.